The van der Waals surface area contributed by atoms with Gasteiger partial charge >= 0.3 is 0 Å². The first-order valence-electron chi connectivity index (χ1n) is 6.08. The van der Waals surface area contributed by atoms with E-state index in [1.54, 1.807) is 0 Å². The van der Waals surface area contributed by atoms with Gasteiger partial charge in [-0.15, -0.1) is 0 Å². The summed E-state index contributed by atoms with van der Waals surface area (Å²) in [5, 5.41) is 0.935. The van der Waals surface area contributed by atoms with Crippen LogP contribution in [0.4, 0.5) is 5.13 Å². The Kier molecular flexibility index (Phi) is 3.03. The van der Waals surface area contributed by atoms with Gasteiger partial charge in [0.1, 0.15) is 5.82 Å². The molecule has 2 heterocycles. The monoisotopic (exact) mass is 288 g/mol. The minimum absolute atomic E-state index is 0.539. The lowest BCUT2D eigenvalue weighted by atomic mass is 10.4. The molecule has 0 radical (unpaired) electrons. The smallest absolute Gasteiger partial charge is 0.211 e. The molecule has 0 bridgehead atoms. The summed E-state index contributed by atoms with van der Waals surface area (Å²) in [6, 6.07) is 0. The van der Waals surface area contributed by atoms with Crippen LogP contribution in [0.5, 0.6) is 0 Å². The molecule has 1 aromatic heterocycles. The summed E-state index contributed by atoms with van der Waals surface area (Å²) in [7, 11) is -3.06. The number of hydrogen-bond donors (Lipinski definition) is 0. The van der Waals surface area contributed by atoms with Gasteiger partial charge < -0.3 is 4.90 Å². The van der Waals surface area contributed by atoms with Gasteiger partial charge in [-0.25, -0.2) is 13.4 Å². The molecule has 3 rings (SSSR count). The van der Waals surface area contributed by atoms with E-state index in [0.717, 1.165) is 11.0 Å². The van der Waals surface area contributed by atoms with Gasteiger partial charge in [0.05, 0.1) is 6.26 Å². The Morgan fingerprint density at radius 2 is 1.89 bits per heavy atom. The fourth-order valence-corrected chi connectivity index (χ4v) is 3.70. The largest absolute Gasteiger partial charge is 0.344 e. The molecule has 2 aliphatic rings. The third-order valence-electron chi connectivity index (χ3n) is 3.35. The first kappa shape index (κ1) is 12.3. The topological polar surface area (TPSA) is 66.4 Å². The number of aromatic nitrogens is 2. The molecule has 1 saturated heterocycles. The van der Waals surface area contributed by atoms with Gasteiger partial charge in [0.25, 0.3) is 0 Å². The quantitative estimate of drug-likeness (QED) is 0.810. The van der Waals surface area contributed by atoms with Gasteiger partial charge in [-0.2, -0.15) is 8.68 Å². The van der Waals surface area contributed by atoms with E-state index < -0.39 is 10.0 Å². The summed E-state index contributed by atoms with van der Waals surface area (Å²) in [4.78, 5) is 6.68. The molecular formula is C10H16N4O2S2. The van der Waals surface area contributed by atoms with Crippen molar-refractivity contribution < 1.29 is 8.42 Å². The summed E-state index contributed by atoms with van der Waals surface area (Å²) in [6.07, 6.45) is 3.68. The molecule has 8 heteroatoms. The van der Waals surface area contributed by atoms with Crippen molar-refractivity contribution in [2.75, 3.05) is 37.3 Å². The number of anilines is 1. The molecule has 0 aromatic carbocycles. The zero-order valence-electron chi connectivity index (χ0n) is 10.2. The van der Waals surface area contributed by atoms with Crippen molar-refractivity contribution in [3.63, 3.8) is 0 Å². The van der Waals surface area contributed by atoms with Crippen LogP contribution < -0.4 is 4.90 Å². The highest BCUT2D eigenvalue weighted by Crippen LogP contribution is 2.39. The molecule has 0 amide bonds. The van der Waals surface area contributed by atoms with Crippen molar-refractivity contribution >= 4 is 26.7 Å². The molecule has 0 spiro atoms. The Hall–Kier alpha value is -0.730. The highest BCUT2D eigenvalue weighted by atomic mass is 32.2. The maximum absolute atomic E-state index is 11.4. The molecule has 1 saturated carbocycles. The van der Waals surface area contributed by atoms with Crippen molar-refractivity contribution in [1.29, 1.82) is 0 Å². The first-order valence-corrected chi connectivity index (χ1v) is 8.70. The zero-order valence-corrected chi connectivity index (χ0v) is 11.9. The van der Waals surface area contributed by atoms with Crippen LogP contribution in [-0.4, -0.2) is 54.5 Å². The molecule has 0 N–H and O–H groups in total. The van der Waals surface area contributed by atoms with Crippen LogP contribution in [-0.2, 0) is 10.0 Å². The van der Waals surface area contributed by atoms with E-state index >= 15 is 0 Å². The SMILES string of the molecule is CS(=O)(=O)N1CCN(c2nc(C3CC3)ns2)CC1. The molecule has 1 aromatic rings. The molecule has 18 heavy (non-hydrogen) atoms. The second kappa shape index (κ2) is 4.43. The average molecular weight is 288 g/mol. The molecule has 2 fully saturated rings. The third-order valence-corrected chi connectivity index (χ3v) is 5.45. The number of nitrogens with zero attached hydrogens (tertiary/aromatic N) is 4. The standard InChI is InChI=1S/C10H16N4O2S2/c1-18(15,16)14-6-4-13(5-7-14)10-11-9(12-17-10)8-2-3-8/h8H,2-7H2,1H3. The predicted octanol–water partition coefficient (Wildman–Crippen LogP) is 0.497. The molecule has 0 unspecified atom stereocenters. The highest BCUT2D eigenvalue weighted by Gasteiger charge is 2.30. The highest BCUT2D eigenvalue weighted by molar-refractivity contribution is 7.88. The van der Waals surface area contributed by atoms with Crippen LogP contribution >= 0.6 is 11.5 Å². The molecule has 1 aliphatic heterocycles. The van der Waals surface area contributed by atoms with Crippen molar-refractivity contribution in [3.8, 4) is 0 Å². The lowest BCUT2D eigenvalue weighted by Crippen LogP contribution is -2.48. The summed E-state index contributed by atoms with van der Waals surface area (Å²) in [6.45, 7) is 2.48. The molecule has 100 valence electrons. The van der Waals surface area contributed by atoms with E-state index in [1.807, 2.05) is 0 Å². The van der Waals surface area contributed by atoms with Crippen LogP contribution in [0.1, 0.15) is 24.6 Å². The number of hydrogen-bond acceptors (Lipinski definition) is 6. The summed E-state index contributed by atoms with van der Waals surface area (Å²) in [5.41, 5.74) is 0. The van der Waals surface area contributed by atoms with Gasteiger partial charge in [0.15, 0.2) is 0 Å². The first-order chi connectivity index (χ1) is 8.54. The summed E-state index contributed by atoms with van der Waals surface area (Å²) >= 11 is 1.43. The van der Waals surface area contributed by atoms with E-state index in [0.29, 0.717) is 32.1 Å². The molecular weight excluding hydrogens is 272 g/mol. The van der Waals surface area contributed by atoms with Crippen molar-refractivity contribution in [2.24, 2.45) is 0 Å². The zero-order chi connectivity index (χ0) is 12.8. The summed E-state index contributed by atoms with van der Waals surface area (Å²) < 4.78 is 28.7. The third kappa shape index (κ3) is 2.50. The lowest BCUT2D eigenvalue weighted by Gasteiger charge is -2.32. The number of piperazine rings is 1. The fourth-order valence-electron chi connectivity index (χ4n) is 2.07. The molecule has 6 nitrogen and oxygen atoms in total. The van der Waals surface area contributed by atoms with Gasteiger partial charge in [0, 0.05) is 43.6 Å². The van der Waals surface area contributed by atoms with E-state index in [2.05, 4.69) is 14.3 Å². The van der Waals surface area contributed by atoms with E-state index in [1.165, 1.54) is 34.9 Å². The Bertz CT molecular complexity index is 530. The van der Waals surface area contributed by atoms with Crippen LogP contribution in [0.15, 0.2) is 0 Å². The average Bonchev–Trinajstić information content (AvgIpc) is 3.06. The van der Waals surface area contributed by atoms with Crippen LogP contribution in [0, 0.1) is 0 Å². The van der Waals surface area contributed by atoms with Crippen molar-refractivity contribution in [3.05, 3.63) is 5.82 Å². The second-order valence-corrected chi connectivity index (χ2v) is 7.57. The van der Waals surface area contributed by atoms with E-state index in [9.17, 15) is 8.42 Å². The Balaban J connectivity index is 1.64. The Labute approximate surface area is 111 Å². The van der Waals surface area contributed by atoms with Gasteiger partial charge in [-0.05, 0) is 12.8 Å². The Morgan fingerprint density at radius 3 is 2.44 bits per heavy atom. The van der Waals surface area contributed by atoms with Crippen LogP contribution in [0.2, 0.25) is 0 Å². The van der Waals surface area contributed by atoms with Gasteiger partial charge in [0.2, 0.25) is 15.2 Å². The van der Waals surface area contributed by atoms with E-state index in [-0.39, 0.29) is 0 Å². The lowest BCUT2D eigenvalue weighted by molar-refractivity contribution is 0.388. The Morgan fingerprint density at radius 1 is 1.22 bits per heavy atom. The van der Waals surface area contributed by atoms with Crippen molar-refractivity contribution in [1.82, 2.24) is 13.7 Å². The van der Waals surface area contributed by atoms with Crippen LogP contribution in [0.3, 0.4) is 0 Å². The minimum Gasteiger partial charge on any atom is -0.344 e. The number of sulfonamides is 1. The van der Waals surface area contributed by atoms with Crippen molar-refractivity contribution in [2.45, 2.75) is 18.8 Å². The molecule has 1 aliphatic carbocycles. The minimum atomic E-state index is -3.06. The molecule has 0 atom stereocenters. The second-order valence-electron chi connectivity index (χ2n) is 4.86. The van der Waals surface area contributed by atoms with Gasteiger partial charge in [-0.3, -0.25) is 0 Å². The van der Waals surface area contributed by atoms with Crippen LogP contribution in [0.25, 0.3) is 0 Å². The fraction of sp³-hybridized carbons (Fsp3) is 0.800. The normalized spacial score (nSPS) is 22.4. The summed E-state index contributed by atoms with van der Waals surface area (Å²) in [5.74, 6) is 1.55. The van der Waals surface area contributed by atoms with Gasteiger partial charge in [-0.1, -0.05) is 0 Å². The maximum atomic E-state index is 11.4. The van der Waals surface area contributed by atoms with E-state index in [4.69, 9.17) is 0 Å². The predicted molar refractivity (Wildman–Crippen MR) is 70.5 cm³/mol. The maximum Gasteiger partial charge on any atom is 0.211 e. The number of rotatable bonds is 3.